The van der Waals surface area contributed by atoms with Gasteiger partial charge in [0.1, 0.15) is 0 Å². The summed E-state index contributed by atoms with van der Waals surface area (Å²) in [6.45, 7) is 5.96. The Bertz CT molecular complexity index is 456. The molecule has 110 valence electrons. The molecule has 3 fully saturated rings. The number of hydrogen-bond acceptors (Lipinski definition) is 5. The van der Waals surface area contributed by atoms with Gasteiger partial charge in [-0.15, -0.1) is 11.3 Å². The van der Waals surface area contributed by atoms with Crippen LogP contribution in [-0.4, -0.2) is 48.1 Å². The standard InChI is InChI=1S/C15H24N4S/c1-3-13-11-19(8-2-7-18(13)6-1)15-17-10-14(20-15)9-16-12-4-5-12/h10,12-13,16H,1-9,11H2. The van der Waals surface area contributed by atoms with Crippen molar-refractivity contribution >= 4 is 16.5 Å². The molecule has 1 atom stereocenters. The molecule has 1 unspecified atom stereocenters. The van der Waals surface area contributed by atoms with Gasteiger partial charge in [0.2, 0.25) is 0 Å². The molecule has 3 aliphatic rings. The van der Waals surface area contributed by atoms with Crippen molar-refractivity contribution in [2.45, 2.75) is 50.7 Å². The number of nitrogens with zero attached hydrogens (tertiary/aromatic N) is 3. The molecule has 20 heavy (non-hydrogen) atoms. The van der Waals surface area contributed by atoms with Gasteiger partial charge < -0.3 is 10.2 Å². The third-order valence-corrected chi connectivity index (χ3v) is 5.82. The van der Waals surface area contributed by atoms with Gasteiger partial charge in [0.15, 0.2) is 5.13 Å². The van der Waals surface area contributed by atoms with Crippen LogP contribution in [0.4, 0.5) is 5.13 Å². The Balaban J connectivity index is 1.40. The Morgan fingerprint density at radius 1 is 1.20 bits per heavy atom. The highest BCUT2D eigenvalue weighted by molar-refractivity contribution is 7.15. The number of hydrogen-bond donors (Lipinski definition) is 1. The Morgan fingerprint density at radius 2 is 2.10 bits per heavy atom. The third-order valence-electron chi connectivity index (χ3n) is 4.76. The van der Waals surface area contributed by atoms with Gasteiger partial charge in [-0.05, 0) is 38.6 Å². The van der Waals surface area contributed by atoms with Crippen LogP contribution in [0.25, 0.3) is 0 Å². The van der Waals surface area contributed by atoms with E-state index in [1.54, 1.807) is 0 Å². The largest absolute Gasteiger partial charge is 0.346 e. The van der Waals surface area contributed by atoms with Crippen LogP contribution in [0.1, 0.15) is 37.0 Å². The smallest absolute Gasteiger partial charge is 0.185 e. The van der Waals surface area contributed by atoms with Gasteiger partial charge in [0, 0.05) is 49.3 Å². The van der Waals surface area contributed by atoms with Crippen LogP contribution in [0.2, 0.25) is 0 Å². The summed E-state index contributed by atoms with van der Waals surface area (Å²) >= 11 is 1.89. The van der Waals surface area contributed by atoms with E-state index >= 15 is 0 Å². The molecule has 4 rings (SSSR count). The molecule has 3 heterocycles. The van der Waals surface area contributed by atoms with Crippen molar-refractivity contribution in [3.05, 3.63) is 11.1 Å². The zero-order valence-corrected chi connectivity index (χ0v) is 12.9. The van der Waals surface area contributed by atoms with E-state index in [-0.39, 0.29) is 0 Å². The summed E-state index contributed by atoms with van der Waals surface area (Å²) in [4.78, 5) is 11.3. The fraction of sp³-hybridized carbons (Fsp3) is 0.800. The van der Waals surface area contributed by atoms with Crippen molar-refractivity contribution in [1.29, 1.82) is 0 Å². The monoisotopic (exact) mass is 292 g/mol. The summed E-state index contributed by atoms with van der Waals surface area (Å²) in [6, 6.07) is 1.56. The summed E-state index contributed by atoms with van der Waals surface area (Å²) in [5.74, 6) is 0. The predicted octanol–water partition coefficient (Wildman–Crippen LogP) is 2.07. The van der Waals surface area contributed by atoms with Crippen molar-refractivity contribution < 1.29 is 0 Å². The molecule has 2 saturated heterocycles. The van der Waals surface area contributed by atoms with E-state index in [4.69, 9.17) is 0 Å². The van der Waals surface area contributed by atoms with Gasteiger partial charge in [-0.25, -0.2) is 4.98 Å². The first-order chi connectivity index (χ1) is 9.88. The SMILES string of the molecule is c1nc(N2CCCN3CCCC3C2)sc1CNC1CC1. The molecule has 1 N–H and O–H groups in total. The highest BCUT2D eigenvalue weighted by Crippen LogP contribution is 2.28. The van der Waals surface area contributed by atoms with Crippen molar-refractivity contribution in [2.75, 3.05) is 31.1 Å². The molecule has 2 aliphatic heterocycles. The fourth-order valence-electron chi connectivity index (χ4n) is 3.44. The van der Waals surface area contributed by atoms with Crippen molar-refractivity contribution in [1.82, 2.24) is 15.2 Å². The molecule has 0 radical (unpaired) electrons. The van der Waals surface area contributed by atoms with Crippen LogP contribution >= 0.6 is 11.3 Å². The van der Waals surface area contributed by atoms with Crippen LogP contribution in [0.5, 0.6) is 0 Å². The van der Waals surface area contributed by atoms with Gasteiger partial charge >= 0.3 is 0 Å². The molecule has 1 aromatic rings. The van der Waals surface area contributed by atoms with E-state index < -0.39 is 0 Å². The number of rotatable bonds is 4. The van der Waals surface area contributed by atoms with Crippen molar-refractivity contribution in [3.63, 3.8) is 0 Å². The zero-order valence-electron chi connectivity index (χ0n) is 12.1. The van der Waals surface area contributed by atoms with Gasteiger partial charge in [-0.2, -0.15) is 0 Å². The summed E-state index contributed by atoms with van der Waals surface area (Å²) in [5.41, 5.74) is 0. The topological polar surface area (TPSA) is 31.4 Å². The summed E-state index contributed by atoms with van der Waals surface area (Å²) < 4.78 is 0. The van der Waals surface area contributed by atoms with E-state index in [0.29, 0.717) is 0 Å². The molecule has 4 nitrogen and oxygen atoms in total. The van der Waals surface area contributed by atoms with E-state index in [2.05, 4.69) is 26.3 Å². The predicted molar refractivity (Wildman–Crippen MR) is 83.4 cm³/mol. The highest BCUT2D eigenvalue weighted by atomic mass is 32.1. The quantitative estimate of drug-likeness (QED) is 0.920. The lowest BCUT2D eigenvalue weighted by atomic mass is 10.2. The number of aromatic nitrogens is 1. The maximum atomic E-state index is 4.68. The summed E-state index contributed by atoms with van der Waals surface area (Å²) in [6.07, 6.45) is 8.83. The van der Waals surface area contributed by atoms with Gasteiger partial charge in [0.25, 0.3) is 0 Å². The molecular formula is C15H24N4S. The third kappa shape index (κ3) is 2.85. The first-order valence-corrected chi connectivity index (χ1v) is 8.87. The lowest BCUT2D eigenvalue weighted by molar-refractivity contribution is 0.273. The van der Waals surface area contributed by atoms with Gasteiger partial charge in [0.05, 0.1) is 0 Å². The number of thiazole rings is 1. The number of nitrogens with one attached hydrogen (secondary N) is 1. The van der Waals surface area contributed by atoms with Crippen LogP contribution < -0.4 is 10.2 Å². The Morgan fingerprint density at radius 3 is 3.00 bits per heavy atom. The molecule has 0 amide bonds. The zero-order chi connectivity index (χ0) is 13.4. The van der Waals surface area contributed by atoms with E-state index in [9.17, 15) is 0 Å². The molecule has 1 aliphatic carbocycles. The second-order valence-electron chi connectivity index (χ2n) is 6.40. The van der Waals surface area contributed by atoms with E-state index in [1.165, 1.54) is 68.3 Å². The average Bonchev–Trinajstić information content (AvgIpc) is 3.07. The molecule has 0 aromatic carbocycles. The normalized spacial score (nSPS) is 27.6. The van der Waals surface area contributed by atoms with Crippen LogP contribution in [0.3, 0.4) is 0 Å². The highest BCUT2D eigenvalue weighted by Gasteiger charge is 2.29. The molecule has 0 spiro atoms. The first-order valence-electron chi connectivity index (χ1n) is 8.05. The number of anilines is 1. The second-order valence-corrected chi connectivity index (χ2v) is 7.49. The maximum Gasteiger partial charge on any atom is 0.185 e. The van der Waals surface area contributed by atoms with Crippen LogP contribution in [0, 0.1) is 0 Å². The van der Waals surface area contributed by atoms with E-state index in [0.717, 1.165) is 18.6 Å². The lowest BCUT2D eigenvalue weighted by Gasteiger charge is -2.25. The summed E-state index contributed by atoms with van der Waals surface area (Å²) in [5, 5.41) is 4.82. The first kappa shape index (κ1) is 13.0. The van der Waals surface area contributed by atoms with Crippen molar-refractivity contribution in [2.24, 2.45) is 0 Å². The summed E-state index contributed by atoms with van der Waals surface area (Å²) in [7, 11) is 0. The Hall–Kier alpha value is -0.650. The van der Waals surface area contributed by atoms with Crippen molar-refractivity contribution in [3.8, 4) is 0 Å². The average molecular weight is 292 g/mol. The second kappa shape index (κ2) is 5.62. The molecule has 0 bridgehead atoms. The van der Waals surface area contributed by atoms with Gasteiger partial charge in [-0.3, -0.25) is 4.90 Å². The Kier molecular flexibility index (Phi) is 3.67. The van der Waals surface area contributed by atoms with Crippen LogP contribution in [0.15, 0.2) is 6.20 Å². The fourth-order valence-corrected chi connectivity index (χ4v) is 4.33. The van der Waals surface area contributed by atoms with E-state index in [1.807, 2.05) is 11.3 Å². The minimum absolute atomic E-state index is 0.773. The van der Waals surface area contributed by atoms with Crippen LogP contribution in [-0.2, 0) is 6.54 Å². The number of fused-ring (bicyclic) bond motifs is 1. The molecule has 1 aromatic heterocycles. The Labute approximate surface area is 125 Å². The minimum atomic E-state index is 0.773. The minimum Gasteiger partial charge on any atom is -0.346 e. The van der Waals surface area contributed by atoms with Gasteiger partial charge in [-0.1, -0.05) is 0 Å². The maximum absolute atomic E-state index is 4.68. The molecular weight excluding hydrogens is 268 g/mol. The lowest BCUT2D eigenvalue weighted by Crippen LogP contribution is -2.36. The molecule has 1 saturated carbocycles. The molecule has 5 heteroatoms.